The Morgan fingerprint density at radius 2 is 1.60 bits per heavy atom. The van der Waals surface area contributed by atoms with E-state index in [0.29, 0.717) is 5.92 Å². The van der Waals surface area contributed by atoms with Crippen molar-refractivity contribution in [3.05, 3.63) is 35.9 Å². The molecule has 0 heterocycles. The van der Waals surface area contributed by atoms with Gasteiger partial charge in [-0.05, 0) is 56.8 Å². The number of rotatable bonds is 7. The second-order valence-electron chi connectivity index (χ2n) is 6.79. The summed E-state index contributed by atoms with van der Waals surface area (Å²) in [5, 5.41) is 0. The molecule has 1 aromatic rings. The van der Waals surface area contributed by atoms with Gasteiger partial charge in [0.1, 0.15) is 0 Å². The highest BCUT2D eigenvalue weighted by Crippen LogP contribution is 2.29. The molecule has 5 heteroatoms. The van der Waals surface area contributed by atoms with Gasteiger partial charge in [0.15, 0.2) is 17.4 Å². The molecule has 2 nitrogen and oxygen atoms in total. The average molecular weight is 326 g/mol. The molecule has 0 bridgehead atoms. The van der Waals surface area contributed by atoms with E-state index in [2.05, 4.69) is 76.5 Å². The van der Waals surface area contributed by atoms with Crippen LogP contribution in [0.15, 0.2) is 30.3 Å². The van der Waals surface area contributed by atoms with Crippen molar-refractivity contribution in [1.82, 2.24) is 0 Å². The van der Waals surface area contributed by atoms with E-state index in [-0.39, 0.29) is 0 Å². The molecule has 0 N–H and O–H groups in total. The third-order valence-corrected chi connectivity index (χ3v) is 12.5. The minimum absolute atomic E-state index is 0.552. The molecule has 1 aromatic carbocycles. The van der Waals surface area contributed by atoms with Gasteiger partial charge in [-0.15, -0.1) is 0 Å². The van der Waals surface area contributed by atoms with Gasteiger partial charge in [-0.2, -0.15) is 0 Å². The molecule has 0 saturated heterocycles. The largest absolute Gasteiger partial charge is 0.437 e. The fourth-order valence-electron chi connectivity index (χ4n) is 2.86. The van der Waals surface area contributed by atoms with Gasteiger partial charge < -0.3 is 8.23 Å². The molecule has 1 atom stereocenters. The predicted molar refractivity (Wildman–Crippen MR) is 94.3 cm³/mol. The standard InChI is InChI=1S/C15H29O2Si3/c1-14(15-11-9-8-10-12-15)13-19(4,5)17-20(6,7)16-18(2)3/h8-12,14H,13H2,1-7H3. The quantitative estimate of drug-likeness (QED) is 0.658. The van der Waals surface area contributed by atoms with Crippen molar-refractivity contribution in [3.8, 4) is 0 Å². The lowest BCUT2D eigenvalue weighted by Gasteiger charge is -2.36. The van der Waals surface area contributed by atoms with Gasteiger partial charge in [0.25, 0.3) is 0 Å². The van der Waals surface area contributed by atoms with Crippen molar-refractivity contribution in [1.29, 1.82) is 0 Å². The summed E-state index contributed by atoms with van der Waals surface area (Å²) in [4.78, 5) is 0. The van der Waals surface area contributed by atoms with E-state index in [1.807, 2.05) is 0 Å². The summed E-state index contributed by atoms with van der Waals surface area (Å²) in [6.45, 7) is 15.7. The summed E-state index contributed by atoms with van der Waals surface area (Å²) >= 11 is 0. The first-order valence-corrected chi connectivity index (χ1v) is 15.7. The Labute approximate surface area is 128 Å². The maximum absolute atomic E-state index is 6.51. The maximum atomic E-state index is 6.51. The van der Waals surface area contributed by atoms with Crippen LogP contribution in [0.1, 0.15) is 18.4 Å². The van der Waals surface area contributed by atoms with Crippen LogP contribution in [0.25, 0.3) is 0 Å². The predicted octanol–water partition coefficient (Wildman–Crippen LogP) is 4.98. The maximum Gasteiger partial charge on any atom is 0.311 e. The Kier molecular flexibility index (Phi) is 6.40. The number of benzene rings is 1. The van der Waals surface area contributed by atoms with Crippen LogP contribution in [0.2, 0.25) is 45.3 Å². The first kappa shape index (κ1) is 17.8. The molecule has 0 spiro atoms. The van der Waals surface area contributed by atoms with Crippen molar-refractivity contribution >= 4 is 25.9 Å². The molecule has 0 amide bonds. The number of hydrogen-bond acceptors (Lipinski definition) is 2. The van der Waals surface area contributed by atoms with Crippen LogP contribution in [0.4, 0.5) is 0 Å². The van der Waals surface area contributed by atoms with Crippen LogP contribution < -0.4 is 0 Å². The molecule has 0 fully saturated rings. The van der Waals surface area contributed by atoms with Crippen molar-refractivity contribution in [2.75, 3.05) is 0 Å². The fraction of sp³-hybridized carbons (Fsp3) is 0.600. The third kappa shape index (κ3) is 6.49. The third-order valence-electron chi connectivity index (χ3n) is 3.14. The van der Waals surface area contributed by atoms with Crippen LogP contribution in [0.3, 0.4) is 0 Å². The monoisotopic (exact) mass is 325 g/mol. The molecule has 1 rings (SSSR count). The van der Waals surface area contributed by atoms with Gasteiger partial charge >= 0.3 is 8.56 Å². The van der Waals surface area contributed by atoms with Crippen molar-refractivity contribution < 1.29 is 8.23 Å². The van der Waals surface area contributed by atoms with E-state index in [9.17, 15) is 0 Å². The van der Waals surface area contributed by atoms with Crippen LogP contribution in [-0.2, 0) is 8.23 Å². The molecule has 0 saturated carbocycles. The Hall–Kier alpha value is -0.209. The van der Waals surface area contributed by atoms with Gasteiger partial charge in [-0.25, -0.2) is 0 Å². The van der Waals surface area contributed by atoms with E-state index in [1.54, 1.807) is 0 Å². The second-order valence-corrected chi connectivity index (χ2v) is 17.0. The summed E-state index contributed by atoms with van der Waals surface area (Å²) in [6.07, 6.45) is 0. The summed E-state index contributed by atoms with van der Waals surface area (Å²) in [7, 11) is -4.34. The lowest BCUT2D eigenvalue weighted by molar-refractivity contribution is 0.399. The highest BCUT2D eigenvalue weighted by atomic mass is 28.5. The molecule has 1 unspecified atom stereocenters. The summed E-state index contributed by atoms with van der Waals surface area (Å²) in [5.41, 5.74) is 1.41. The molecule has 0 aromatic heterocycles. The van der Waals surface area contributed by atoms with Gasteiger partial charge in [0, 0.05) is 0 Å². The zero-order valence-corrected chi connectivity index (χ0v) is 17.0. The Bertz CT molecular complexity index is 405. The first-order valence-electron chi connectivity index (χ1n) is 7.36. The lowest BCUT2D eigenvalue weighted by atomic mass is 10.0. The first-order chi connectivity index (χ1) is 9.11. The Morgan fingerprint density at radius 1 is 1.05 bits per heavy atom. The summed E-state index contributed by atoms with van der Waals surface area (Å²) < 4.78 is 12.6. The van der Waals surface area contributed by atoms with Crippen LogP contribution >= 0.6 is 0 Å². The Balaban J connectivity index is 2.65. The topological polar surface area (TPSA) is 18.5 Å². The molecule has 0 aliphatic rings. The highest BCUT2D eigenvalue weighted by molar-refractivity contribution is 6.84. The van der Waals surface area contributed by atoms with E-state index in [0.717, 1.165) is 6.04 Å². The zero-order chi connectivity index (χ0) is 15.4. The smallest absolute Gasteiger partial charge is 0.311 e. The van der Waals surface area contributed by atoms with Gasteiger partial charge in [0.2, 0.25) is 0 Å². The molecule has 1 radical (unpaired) electrons. The Morgan fingerprint density at radius 3 is 2.10 bits per heavy atom. The van der Waals surface area contributed by atoms with E-state index in [4.69, 9.17) is 8.23 Å². The van der Waals surface area contributed by atoms with E-state index in [1.165, 1.54) is 5.56 Å². The van der Waals surface area contributed by atoms with Crippen LogP contribution in [0.5, 0.6) is 0 Å². The van der Waals surface area contributed by atoms with Crippen LogP contribution in [-0.4, -0.2) is 25.9 Å². The minimum Gasteiger partial charge on any atom is -0.437 e. The number of hydrogen-bond donors (Lipinski definition) is 0. The molecule has 0 aliphatic heterocycles. The van der Waals surface area contributed by atoms with Gasteiger partial charge in [-0.3, -0.25) is 0 Å². The SMILES string of the molecule is CC(C[Si](C)(C)O[Si](C)(C)O[Si](C)C)c1ccccc1. The lowest BCUT2D eigenvalue weighted by Crippen LogP contribution is -2.48. The van der Waals surface area contributed by atoms with Crippen LogP contribution in [0, 0.1) is 0 Å². The fourth-order valence-corrected chi connectivity index (χ4v) is 14.7. The van der Waals surface area contributed by atoms with Crippen molar-refractivity contribution in [3.63, 3.8) is 0 Å². The van der Waals surface area contributed by atoms with Gasteiger partial charge in [-0.1, -0.05) is 37.3 Å². The minimum atomic E-state index is -1.96. The zero-order valence-electron chi connectivity index (χ0n) is 14.0. The highest BCUT2D eigenvalue weighted by Gasteiger charge is 2.36. The van der Waals surface area contributed by atoms with Crippen molar-refractivity contribution in [2.45, 2.75) is 58.2 Å². The van der Waals surface area contributed by atoms with E-state index < -0.39 is 25.9 Å². The summed E-state index contributed by atoms with van der Waals surface area (Å²) in [5.74, 6) is 0.552. The van der Waals surface area contributed by atoms with E-state index >= 15 is 0 Å². The van der Waals surface area contributed by atoms with Gasteiger partial charge in [0.05, 0.1) is 0 Å². The molecule has 113 valence electrons. The normalized spacial score (nSPS) is 14.6. The van der Waals surface area contributed by atoms with Crippen molar-refractivity contribution in [2.24, 2.45) is 0 Å². The molecule has 0 aliphatic carbocycles. The molecule has 20 heavy (non-hydrogen) atoms. The molecular weight excluding hydrogens is 296 g/mol. The molecular formula is C15H29O2Si3. The average Bonchev–Trinajstić information content (AvgIpc) is 2.25. The summed E-state index contributed by atoms with van der Waals surface area (Å²) in [6, 6.07) is 11.9. The second kappa shape index (κ2) is 7.18.